The van der Waals surface area contributed by atoms with Gasteiger partial charge in [0.05, 0.1) is 18.3 Å². The average Bonchev–Trinajstić information content (AvgIpc) is 3.44. The zero-order chi connectivity index (χ0) is 23.5. The second kappa shape index (κ2) is 9.65. The van der Waals surface area contributed by atoms with Crippen LogP contribution in [-0.2, 0) is 6.54 Å². The van der Waals surface area contributed by atoms with Crippen LogP contribution in [0.15, 0.2) is 77.4 Å². The summed E-state index contributed by atoms with van der Waals surface area (Å²) in [5, 5.41) is 0. The van der Waals surface area contributed by atoms with Crippen LogP contribution in [0.2, 0.25) is 0 Å². The molecule has 0 unspecified atom stereocenters. The number of amides is 1. The van der Waals surface area contributed by atoms with Crippen molar-refractivity contribution in [2.24, 2.45) is 0 Å². The third kappa shape index (κ3) is 4.65. The van der Waals surface area contributed by atoms with Gasteiger partial charge in [-0.25, -0.2) is 8.78 Å². The quantitative estimate of drug-likeness (QED) is 0.404. The van der Waals surface area contributed by atoms with E-state index in [-0.39, 0.29) is 12.5 Å². The molecule has 34 heavy (non-hydrogen) atoms. The molecule has 0 saturated carbocycles. The Morgan fingerprint density at radius 1 is 0.971 bits per heavy atom. The Morgan fingerprint density at radius 2 is 1.76 bits per heavy atom. The number of benzene rings is 2. The molecule has 5 rings (SSSR count). The highest BCUT2D eigenvalue weighted by Crippen LogP contribution is 2.25. The smallest absolute Gasteiger partial charge is 0.270 e. The molecule has 2 aromatic heterocycles. The van der Waals surface area contributed by atoms with Crippen molar-refractivity contribution in [2.75, 3.05) is 32.7 Å². The lowest BCUT2D eigenvalue weighted by atomic mass is 10.2. The van der Waals surface area contributed by atoms with E-state index < -0.39 is 11.6 Å². The lowest BCUT2D eigenvalue weighted by Gasteiger charge is -2.34. The summed E-state index contributed by atoms with van der Waals surface area (Å²) in [4.78, 5) is 17.5. The molecule has 7 heteroatoms. The molecular weight excluding hydrogens is 436 g/mol. The molecule has 4 aromatic rings. The van der Waals surface area contributed by atoms with Crippen molar-refractivity contribution < 1.29 is 18.0 Å². The Labute approximate surface area is 196 Å². The van der Waals surface area contributed by atoms with E-state index in [0.29, 0.717) is 35.4 Å². The number of carbonyl (C=O) groups excluding carboxylic acids is 1. The normalized spacial score (nSPS) is 14.9. The summed E-state index contributed by atoms with van der Waals surface area (Å²) < 4.78 is 34.9. The standard InChI is InChI=1S/C27H25F2N3O2/c28-22-9-8-21(23(29)17-22)19-32-24-10-16-34-26(24)18-25(32)27(33)31-14-12-30(13-15-31)11-4-7-20-5-2-1-3-6-20/h1-10,16-18H,11-15,19H2/b7-4+. The number of rotatable bonds is 6. The monoisotopic (exact) mass is 461 g/mol. The third-order valence-corrected chi connectivity index (χ3v) is 6.22. The molecule has 0 radical (unpaired) electrons. The molecule has 2 aromatic carbocycles. The first-order valence-electron chi connectivity index (χ1n) is 11.3. The molecule has 0 spiro atoms. The van der Waals surface area contributed by atoms with Gasteiger partial charge in [-0.15, -0.1) is 0 Å². The lowest BCUT2D eigenvalue weighted by Crippen LogP contribution is -2.49. The van der Waals surface area contributed by atoms with Gasteiger partial charge in [0.1, 0.15) is 17.3 Å². The number of halogens is 2. The van der Waals surface area contributed by atoms with Gasteiger partial charge in [-0.1, -0.05) is 48.6 Å². The first kappa shape index (κ1) is 22.1. The van der Waals surface area contributed by atoms with E-state index in [1.165, 1.54) is 24.0 Å². The highest BCUT2D eigenvalue weighted by Gasteiger charge is 2.26. The van der Waals surface area contributed by atoms with Crippen LogP contribution in [0.4, 0.5) is 8.78 Å². The van der Waals surface area contributed by atoms with E-state index in [0.717, 1.165) is 25.7 Å². The fourth-order valence-corrected chi connectivity index (χ4v) is 4.34. The van der Waals surface area contributed by atoms with Crippen molar-refractivity contribution in [3.63, 3.8) is 0 Å². The van der Waals surface area contributed by atoms with Crippen LogP contribution in [0.5, 0.6) is 0 Å². The van der Waals surface area contributed by atoms with Gasteiger partial charge < -0.3 is 13.9 Å². The van der Waals surface area contributed by atoms with Crippen molar-refractivity contribution in [3.05, 3.63) is 101 Å². The van der Waals surface area contributed by atoms with Crippen LogP contribution in [0, 0.1) is 11.6 Å². The minimum Gasteiger partial charge on any atom is -0.463 e. The maximum atomic E-state index is 14.3. The zero-order valence-electron chi connectivity index (χ0n) is 18.7. The molecule has 0 aliphatic carbocycles. The highest BCUT2D eigenvalue weighted by molar-refractivity contribution is 5.97. The van der Waals surface area contributed by atoms with Crippen LogP contribution >= 0.6 is 0 Å². The van der Waals surface area contributed by atoms with Crippen molar-refractivity contribution in [2.45, 2.75) is 6.54 Å². The Balaban J connectivity index is 1.27. The van der Waals surface area contributed by atoms with Gasteiger partial charge in [0.25, 0.3) is 5.91 Å². The topological polar surface area (TPSA) is 41.6 Å². The van der Waals surface area contributed by atoms with Crippen molar-refractivity contribution in [3.8, 4) is 0 Å². The van der Waals surface area contributed by atoms with Crippen molar-refractivity contribution >= 4 is 23.1 Å². The number of piperazine rings is 1. The Bertz CT molecular complexity index is 1320. The van der Waals surface area contributed by atoms with E-state index >= 15 is 0 Å². The summed E-state index contributed by atoms with van der Waals surface area (Å²) in [5.41, 5.74) is 3.19. The number of nitrogens with zero attached hydrogens (tertiary/aromatic N) is 3. The third-order valence-electron chi connectivity index (χ3n) is 6.22. The number of furan rings is 1. The lowest BCUT2D eigenvalue weighted by molar-refractivity contribution is 0.0640. The van der Waals surface area contributed by atoms with Gasteiger partial charge in [-0.2, -0.15) is 0 Å². The zero-order valence-corrected chi connectivity index (χ0v) is 18.7. The largest absolute Gasteiger partial charge is 0.463 e. The van der Waals surface area contributed by atoms with Crippen LogP contribution in [0.3, 0.4) is 0 Å². The minimum absolute atomic E-state index is 0.112. The average molecular weight is 462 g/mol. The fourth-order valence-electron chi connectivity index (χ4n) is 4.34. The number of fused-ring (bicyclic) bond motifs is 1. The SMILES string of the molecule is O=C(c1cc2occc2n1Cc1ccc(F)cc1F)N1CCN(C/C=C/c2ccccc2)CC1. The van der Waals surface area contributed by atoms with E-state index in [1.54, 1.807) is 16.7 Å². The van der Waals surface area contributed by atoms with E-state index in [9.17, 15) is 13.6 Å². The Morgan fingerprint density at radius 3 is 2.53 bits per heavy atom. The first-order valence-corrected chi connectivity index (χ1v) is 11.3. The molecule has 174 valence electrons. The maximum Gasteiger partial charge on any atom is 0.270 e. The summed E-state index contributed by atoms with van der Waals surface area (Å²) in [7, 11) is 0. The molecule has 1 fully saturated rings. The number of carbonyl (C=O) groups is 1. The molecule has 3 heterocycles. The number of aromatic nitrogens is 1. The van der Waals surface area contributed by atoms with Crippen molar-refractivity contribution in [1.82, 2.24) is 14.4 Å². The van der Waals surface area contributed by atoms with Crippen LogP contribution in [0.25, 0.3) is 17.2 Å². The minimum atomic E-state index is -0.638. The second-order valence-corrected chi connectivity index (χ2v) is 8.43. The predicted molar refractivity (Wildman–Crippen MR) is 127 cm³/mol. The summed E-state index contributed by atoms with van der Waals surface area (Å²) in [5.74, 6) is -1.38. The Kier molecular flexibility index (Phi) is 6.27. The summed E-state index contributed by atoms with van der Waals surface area (Å²) in [6, 6.07) is 17.1. The summed E-state index contributed by atoms with van der Waals surface area (Å²) in [6.07, 6.45) is 5.79. The van der Waals surface area contributed by atoms with Gasteiger partial charge in [-0.3, -0.25) is 9.69 Å². The van der Waals surface area contributed by atoms with E-state index in [1.807, 2.05) is 23.1 Å². The number of hydrogen-bond donors (Lipinski definition) is 0. The first-order chi connectivity index (χ1) is 16.6. The molecule has 1 aliphatic heterocycles. The molecule has 0 bridgehead atoms. The van der Waals surface area contributed by atoms with Crippen LogP contribution < -0.4 is 0 Å². The number of hydrogen-bond acceptors (Lipinski definition) is 3. The fraction of sp³-hybridized carbons (Fsp3) is 0.222. The molecular formula is C27H25F2N3O2. The highest BCUT2D eigenvalue weighted by atomic mass is 19.1. The summed E-state index contributed by atoms with van der Waals surface area (Å²) in [6.45, 7) is 3.69. The molecule has 0 atom stereocenters. The van der Waals surface area contributed by atoms with Gasteiger partial charge in [0, 0.05) is 56.5 Å². The molecule has 1 amide bonds. The van der Waals surface area contributed by atoms with Gasteiger partial charge in [-0.05, 0) is 11.6 Å². The van der Waals surface area contributed by atoms with Gasteiger partial charge in [0.15, 0.2) is 5.58 Å². The van der Waals surface area contributed by atoms with Crippen LogP contribution in [0.1, 0.15) is 21.6 Å². The van der Waals surface area contributed by atoms with Crippen molar-refractivity contribution in [1.29, 1.82) is 0 Å². The maximum absolute atomic E-state index is 14.3. The van der Waals surface area contributed by atoms with Gasteiger partial charge >= 0.3 is 0 Å². The molecule has 1 aliphatic rings. The van der Waals surface area contributed by atoms with E-state index in [2.05, 4.69) is 29.2 Å². The van der Waals surface area contributed by atoms with Crippen LogP contribution in [-0.4, -0.2) is 53.0 Å². The second-order valence-electron chi connectivity index (χ2n) is 8.43. The predicted octanol–water partition coefficient (Wildman–Crippen LogP) is 5.03. The summed E-state index contributed by atoms with van der Waals surface area (Å²) >= 11 is 0. The van der Waals surface area contributed by atoms with Gasteiger partial charge in [0.2, 0.25) is 0 Å². The van der Waals surface area contributed by atoms with E-state index in [4.69, 9.17) is 4.42 Å². The molecule has 0 N–H and O–H groups in total. The molecule has 5 nitrogen and oxygen atoms in total. The Hall–Kier alpha value is -3.71. The molecule has 1 saturated heterocycles.